The van der Waals surface area contributed by atoms with Gasteiger partial charge in [-0.15, -0.1) is 0 Å². The molecular formula is C120H78N14O. The van der Waals surface area contributed by atoms with E-state index < -0.39 is 0 Å². The van der Waals surface area contributed by atoms with Crippen LogP contribution in [0.4, 0.5) is 0 Å². The van der Waals surface area contributed by atoms with Crippen molar-refractivity contribution in [3.05, 3.63) is 473 Å². The van der Waals surface area contributed by atoms with Crippen LogP contribution in [0.5, 0.6) is 0 Å². The quantitative estimate of drug-likeness (QED) is 0.0960. The Kier molecular flexibility index (Phi) is 20.5. The molecule has 0 saturated heterocycles. The van der Waals surface area contributed by atoms with Crippen LogP contribution in [0.3, 0.4) is 0 Å². The second kappa shape index (κ2) is 34.8. The molecule has 0 amide bonds. The van der Waals surface area contributed by atoms with Gasteiger partial charge in [-0.25, -0.2) is 39.9 Å². The summed E-state index contributed by atoms with van der Waals surface area (Å²) in [6.07, 6.45) is 0. The van der Waals surface area contributed by atoms with Crippen molar-refractivity contribution in [1.29, 1.82) is 0 Å². The van der Waals surface area contributed by atoms with Gasteiger partial charge < -0.3 is 13.6 Å². The lowest BCUT2D eigenvalue weighted by Gasteiger charge is -2.16. The fraction of sp³-hybridized carbons (Fsp3) is 0. The van der Waals surface area contributed by atoms with E-state index in [0.29, 0.717) is 46.8 Å². The van der Waals surface area contributed by atoms with E-state index in [2.05, 4.69) is 290 Å². The lowest BCUT2D eigenvalue weighted by molar-refractivity contribution is 0.620. The Labute approximate surface area is 776 Å². The number of rotatable bonds is 15. The van der Waals surface area contributed by atoms with Crippen LogP contribution >= 0.6 is 0 Å². The molecule has 15 heteroatoms. The maximum absolute atomic E-state index is 5.90. The van der Waals surface area contributed by atoms with Gasteiger partial charge in [0.25, 0.3) is 0 Å². The summed E-state index contributed by atoms with van der Waals surface area (Å²) in [4.78, 5) is 49.8. The Bertz CT molecular complexity index is 8730. The first-order valence-electron chi connectivity index (χ1n) is 44.9. The van der Waals surface area contributed by atoms with Crippen LogP contribution in [0, 0.1) is 0 Å². The number of aromatic nitrogens is 14. The number of hydrogen-bond donors (Lipinski definition) is 0. The molecule has 0 aliphatic rings. The molecule has 0 radical (unpaired) electrons. The highest BCUT2D eigenvalue weighted by molar-refractivity contribution is 6.24. The summed E-state index contributed by atoms with van der Waals surface area (Å²) in [5.74, 6) is 5.93. The summed E-state index contributed by atoms with van der Waals surface area (Å²) in [6, 6.07) is 162. The molecule has 0 unspecified atom stereocenters. The van der Waals surface area contributed by atoms with Gasteiger partial charge in [-0.05, 0) is 102 Å². The number of para-hydroxylation sites is 9. The van der Waals surface area contributed by atoms with Gasteiger partial charge in [0.1, 0.15) is 11.3 Å². The maximum Gasteiger partial charge on any atom is 0.238 e. The predicted octanol–water partition coefficient (Wildman–Crippen LogP) is 29.3. The number of imidazole rings is 1. The summed E-state index contributed by atoms with van der Waals surface area (Å²) in [5.41, 5.74) is 27.1. The molecule has 0 fully saturated rings. The van der Waals surface area contributed by atoms with Crippen LogP contribution in [0.25, 0.3) is 235 Å². The van der Waals surface area contributed by atoms with Crippen molar-refractivity contribution in [3.63, 3.8) is 0 Å². The summed E-state index contributed by atoms with van der Waals surface area (Å²) in [7, 11) is 0. The summed E-state index contributed by atoms with van der Waals surface area (Å²) in [5, 5.41) is 7.04. The Morgan fingerprint density at radius 1 is 0.185 bits per heavy atom. The molecule has 26 rings (SSSR count). The number of oxazole rings is 1. The molecule has 18 aromatic carbocycles. The predicted molar refractivity (Wildman–Crippen MR) is 547 cm³/mol. The molecule has 0 aliphatic carbocycles. The van der Waals surface area contributed by atoms with Crippen molar-refractivity contribution in [3.8, 4) is 148 Å². The number of fused-ring (bicyclic) bond motifs is 12. The molecule has 0 saturated carbocycles. The minimum atomic E-state index is 0.585. The van der Waals surface area contributed by atoms with Crippen molar-refractivity contribution in [2.24, 2.45) is 0 Å². The largest absolute Gasteiger partial charge is 0.436 e. The van der Waals surface area contributed by atoms with Gasteiger partial charge in [-0.2, -0.15) is 9.97 Å². The topological polar surface area (TPSA) is 162 Å². The van der Waals surface area contributed by atoms with Gasteiger partial charge in [0.15, 0.2) is 40.5 Å². The van der Waals surface area contributed by atoms with Gasteiger partial charge in [0, 0.05) is 99.3 Å². The third-order valence-corrected chi connectivity index (χ3v) is 24.7. The third-order valence-electron chi connectivity index (χ3n) is 24.7. The molecule has 0 aliphatic heterocycles. The van der Waals surface area contributed by atoms with Crippen LogP contribution < -0.4 is 0 Å². The van der Waals surface area contributed by atoms with Crippen molar-refractivity contribution < 1.29 is 4.42 Å². The van der Waals surface area contributed by atoms with Gasteiger partial charge >= 0.3 is 0 Å². The lowest BCUT2D eigenvalue weighted by atomic mass is 10.0. The normalized spacial score (nSPS) is 11.4. The van der Waals surface area contributed by atoms with Crippen molar-refractivity contribution in [2.45, 2.75) is 0 Å². The minimum Gasteiger partial charge on any atom is -0.436 e. The van der Waals surface area contributed by atoms with Crippen LogP contribution in [0.2, 0.25) is 0 Å². The summed E-state index contributed by atoms with van der Waals surface area (Å²) >= 11 is 0. The van der Waals surface area contributed by atoms with E-state index in [0.717, 1.165) is 161 Å². The van der Waals surface area contributed by atoms with E-state index in [9.17, 15) is 0 Å². The highest BCUT2D eigenvalue weighted by Gasteiger charge is 2.27. The average molecular weight is 1730 g/mol. The first kappa shape index (κ1) is 79.8. The molecule has 634 valence electrons. The third kappa shape index (κ3) is 15.1. The number of hydrogen-bond acceptors (Lipinski definition) is 11. The molecule has 0 spiro atoms. The number of nitrogens with zero attached hydrogens (tertiary/aromatic N) is 14. The molecule has 0 atom stereocenters. The van der Waals surface area contributed by atoms with Gasteiger partial charge in [0.2, 0.25) is 11.8 Å². The van der Waals surface area contributed by atoms with E-state index in [4.69, 9.17) is 49.3 Å². The minimum absolute atomic E-state index is 0.585. The van der Waals surface area contributed by atoms with E-state index in [1.165, 1.54) is 27.1 Å². The molecule has 135 heavy (non-hydrogen) atoms. The molecule has 8 heterocycles. The molecule has 0 bridgehead atoms. The second-order valence-corrected chi connectivity index (χ2v) is 33.0. The van der Waals surface area contributed by atoms with Gasteiger partial charge in [-0.3, -0.25) is 9.13 Å². The fourth-order valence-electron chi connectivity index (χ4n) is 18.4. The Balaban J connectivity index is 0.000000115. The van der Waals surface area contributed by atoms with Crippen LogP contribution in [0.15, 0.2) is 478 Å². The van der Waals surface area contributed by atoms with E-state index in [1.807, 2.05) is 206 Å². The highest BCUT2D eigenvalue weighted by atomic mass is 16.3. The Morgan fingerprint density at radius 2 is 0.548 bits per heavy atom. The monoisotopic (exact) mass is 1730 g/mol. The second-order valence-electron chi connectivity index (χ2n) is 33.0. The molecule has 0 N–H and O–H groups in total. The van der Waals surface area contributed by atoms with Crippen molar-refractivity contribution in [2.75, 3.05) is 0 Å². The average Bonchev–Trinajstić information content (AvgIpc) is 1.54. The van der Waals surface area contributed by atoms with Crippen molar-refractivity contribution >= 4 is 87.6 Å². The van der Waals surface area contributed by atoms with Crippen LogP contribution in [-0.2, 0) is 0 Å². The van der Waals surface area contributed by atoms with Crippen LogP contribution in [-0.4, -0.2) is 68.1 Å². The zero-order valence-electron chi connectivity index (χ0n) is 72.7. The zero-order valence-corrected chi connectivity index (χ0v) is 72.7. The Morgan fingerprint density at radius 3 is 1.09 bits per heavy atom. The smallest absolute Gasteiger partial charge is 0.238 e. The lowest BCUT2D eigenvalue weighted by Crippen LogP contribution is -2.07. The number of benzene rings is 18. The van der Waals surface area contributed by atoms with Gasteiger partial charge in [-0.1, -0.05) is 382 Å². The zero-order chi connectivity index (χ0) is 89.5. The van der Waals surface area contributed by atoms with E-state index >= 15 is 0 Å². The summed E-state index contributed by atoms with van der Waals surface area (Å²) < 4.78 is 15.2. The van der Waals surface area contributed by atoms with E-state index in [-0.39, 0.29) is 0 Å². The summed E-state index contributed by atoms with van der Waals surface area (Å²) in [6.45, 7) is 0. The standard InChI is InChI=1S/C53H35N5.C39H25N5.C28H18N4O/c1-4-16-36(17-5-1)37-28-30-38(31-29-37)46-35-47(55-52(54-46)39-18-6-2-7-19-39)44-23-11-14-26-49(44)58-48-25-13-10-22-42(48)43-33-32-41(34-51(43)58)57-50-27-15-12-24-45(50)56-53(57)40-20-8-3-9-21-40;1-4-14-26(15-5-1)37-40-38(27-16-6-2-7-17-27)42-39(41-37)44-34-23-13-11-21-30(34)32-25-24-31-29-20-10-12-22-33(29)43(35(31)36(32)44)28-18-8-3-9-19-28;1-3-9-19(10-4-1)25-30-26(20-11-5-2-6-12-20)32-27(31-25)21-15-17-22(18-16-21)28-29-23-13-7-8-14-24(23)33-28/h1-35H;1-25H;1-18H. The highest BCUT2D eigenvalue weighted by Crippen LogP contribution is 2.45. The molecular weight excluding hydrogens is 1650 g/mol. The van der Waals surface area contributed by atoms with Crippen LogP contribution in [0.1, 0.15) is 0 Å². The Hall–Kier alpha value is -18.6. The SMILES string of the molecule is c1ccc(-c2ccc(-c3cc(-c4ccccc4-n4c5ccccc5c5ccc(-n6c(-c7ccccc7)nc7ccccc76)cc54)nc(-c4ccccc4)n3)cc2)cc1.c1ccc(-c2nc(-c3ccccc3)nc(-c3ccc(-c4nc5ccccc5o4)cc3)n2)cc1.c1ccc(-c2nc(-c3ccccc3)nc(-n3c4ccccc4c4ccc5c6ccccc6n(-c6ccccc6)c5c43)n2)cc1. The first-order valence-corrected chi connectivity index (χ1v) is 44.9. The van der Waals surface area contributed by atoms with E-state index in [1.54, 1.807) is 0 Å². The maximum atomic E-state index is 5.90. The van der Waals surface area contributed by atoms with Gasteiger partial charge in [0.05, 0.1) is 61.2 Å². The molecule has 8 aromatic heterocycles. The van der Waals surface area contributed by atoms with Crippen molar-refractivity contribution in [1.82, 2.24) is 68.1 Å². The molecule has 26 aromatic rings. The first-order chi connectivity index (χ1) is 66.9. The fourth-order valence-corrected chi connectivity index (χ4v) is 18.4. The molecule has 15 nitrogen and oxygen atoms in total.